The predicted octanol–water partition coefficient (Wildman–Crippen LogP) is 5.41. The molecule has 200 valence electrons. The Balaban J connectivity index is 1.33. The van der Waals surface area contributed by atoms with E-state index >= 15 is 0 Å². The van der Waals surface area contributed by atoms with Crippen molar-refractivity contribution in [3.63, 3.8) is 0 Å². The number of carbonyl (C=O) groups is 2. The van der Waals surface area contributed by atoms with Crippen molar-refractivity contribution in [3.8, 4) is 0 Å². The Labute approximate surface area is 223 Å². The van der Waals surface area contributed by atoms with E-state index in [1.807, 2.05) is 12.1 Å². The molecule has 3 aromatic carbocycles. The van der Waals surface area contributed by atoms with Crippen molar-refractivity contribution in [2.24, 2.45) is 5.92 Å². The lowest BCUT2D eigenvalue weighted by atomic mass is 9.87. The third kappa shape index (κ3) is 6.46. The second-order valence-corrected chi connectivity index (χ2v) is 12.4. The molecule has 1 heterocycles. The average Bonchev–Trinajstić information content (AvgIpc) is 2.89. The predicted molar refractivity (Wildman–Crippen MR) is 146 cm³/mol. The molecule has 7 nitrogen and oxygen atoms in total. The summed E-state index contributed by atoms with van der Waals surface area (Å²) < 4.78 is 40.1. The van der Waals surface area contributed by atoms with Crippen molar-refractivity contribution in [3.05, 3.63) is 89.7 Å². The van der Waals surface area contributed by atoms with E-state index in [-0.39, 0.29) is 41.1 Å². The van der Waals surface area contributed by atoms with Crippen LogP contribution in [0.15, 0.2) is 77.7 Å². The lowest BCUT2D eigenvalue weighted by Crippen LogP contribution is -2.41. The van der Waals surface area contributed by atoms with Crippen molar-refractivity contribution in [2.45, 2.75) is 43.9 Å². The maximum absolute atomic E-state index is 13.2. The van der Waals surface area contributed by atoms with E-state index in [1.54, 1.807) is 36.4 Å². The molecule has 0 bridgehead atoms. The van der Waals surface area contributed by atoms with Gasteiger partial charge in [-0.2, -0.15) is 4.31 Å². The molecule has 1 saturated heterocycles. The Kier molecular flexibility index (Phi) is 7.99. The standard InChI is InChI=1S/C29H32FN3O4S/c1-29(2,3)22-9-7-20(8-10-22)27(34)31-24-5-4-6-25(19-24)32-28(35)21-15-17-33(18-16-21)38(36,37)26-13-11-23(30)12-14-26/h4-14,19,21H,15-18H2,1-3H3,(H,31,34)(H,32,35). The highest BCUT2D eigenvalue weighted by Gasteiger charge is 2.32. The zero-order valence-electron chi connectivity index (χ0n) is 21.7. The second kappa shape index (κ2) is 11.0. The summed E-state index contributed by atoms with van der Waals surface area (Å²) in [6.45, 7) is 6.73. The fourth-order valence-electron chi connectivity index (χ4n) is 4.36. The summed E-state index contributed by atoms with van der Waals surface area (Å²) in [6, 6.07) is 19.1. The van der Waals surface area contributed by atoms with Gasteiger partial charge < -0.3 is 10.6 Å². The number of benzene rings is 3. The van der Waals surface area contributed by atoms with Gasteiger partial charge in [0.15, 0.2) is 0 Å². The summed E-state index contributed by atoms with van der Waals surface area (Å²) >= 11 is 0. The van der Waals surface area contributed by atoms with Gasteiger partial charge >= 0.3 is 0 Å². The first-order valence-electron chi connectivity index (χ1n) is 12.5. The van der Waals surface area contributed by atoms with Gasteiger partial charge in [-0.15, -0.1) is 0 Å². The summed E-state index contributed by atoms with van der Waals surface area (Å²) in [6.07, 6.45) is 0.737. The number of piperidine rings is 1. The molecule has 4 rings (SSSR count). The van der Waals surface area contributed by atoms with Crippen molar-refractivity contribution in [1.82, 2.24) is 4.31 Å². The van der Waals surface area contributed by atoms with E-state index in [2.05, 4.69) is 31.4 Å². The third-order valence-corrected chi connectivity index (χ3v) is 8.59. The van der Waals surface area contributed by atoms with Gasteiger partial charge in [0, 0.05) is 35.9 Å². The largest absolute Gasteiger partial charge is 0.326 e. The van der Waals surface area contributed by atoms with Gasteiger partial charge in [-0.3, -0.25) is 9.59 Å². The molecule has 1 fully saturated rings. The summed E-state index contributed by atoms with van der Waals surface area (Å²) in [5, 5.41) is 5.74. The molecular formula is C29H32FN3O4S. The van der Waals surface area contributed by atoms with Crippen LogP contribution in [0.2, 0.25) is 0 Å². The van der Waals surface area contributed by atoms with Gasteiger partial charge in [0.2, 0.25) is 15.9 Å². The van der Waals surface area contributed by atoms with Crippen LogP contribution < -0.4 is 10.6 Å². The van der Waals surface area contributed by atoms with Crippen LogP contribution >= 0.6 is 0 Å². The lowest BCUT2D eigenvalue weighted by molar-refractivity contribution is -0.120. The molecule has 1 aliphatic rings. The number of nitrogens with zero attached hydrogens (tertiary/aromatic N) is 1. The lowest BCUT2D eigenvalue weighted by Gasteiger charge is -2.30. The van der Waals surface area contributed by atoms with Crippen LogP contribution in [0.5, 0.6) is 0 Å². The Morgan fingerprint density at radius 2 is 1.45 bits per heavy atom. The van der Waals surface area contributed by atoms with Crippen LogP contribution in [0.3, 0.4) is 0 Å². The molecule has 0 spiro atoms. The van der Waals surface area contributed by atoms with E-state index < -0.39 is 15.8 Å². The van der Waals surface area contributed by atoms with E-state index in [9.17, 15) is 22.4 Å². The number of rotatable bonds is 6. The van der Waals surface area contributed by atoms with Gasteiger partial charge in [-0.1, -0.05) is 39.0 Å². The number of carbonyl (C=O) groups excluding carboxylic acids is 2. The number of hydrogen-bond acceptors (Lipinski definition) is 4. The SMILES string of the molecule is CC(C)(C)c1ccc(C(=O)Nc2cccc(NC(=O)C3CCN(S(=O)(=O)c4ccc(F)cc4)CC3)c2)cc1. The minimum atomic E-state index is -3.74. The fourth-order valence-corrected chi connectivity index (χ4v) is 5.83. The minimum absolute atomic E-state index is 0.00494. The number of anilines is 2. The summed E-state index contributed by atoms with van der Waals surface area (Å²) in [5.74, 6) is -1.30. The Morgan fingerprint density at radius 1 is 0.868 bits per heavy atom. The maximum atomic E-state index is 13.2. The maximum Gasteiger partial charge on any atom is 0.255 e. The molecule has 0 aromatic heterocycles. The van der Waals surface area contributed by atoms with Gasteiger partial charge in [-0.05, 0) is 78.4 Å². The minimum Gasteiger partial charge on any atom is -0.326 e. The van der Waals surface area contributed by atoms with Crippen molar-refractivity contribution in [1.29, 1.82) is 0 Å². The van der Waals surface area contributed by atoms with Crippen LogP contribution in [0, 0.1) is 11.7 Å². The number of halogens is 1. The molecule has 9 heteroatoms. The summed E-state index contributed by atoms with van der Waals surface area (Å²) in [4.78, 5) is 25.6. The Morgan fingerprint density at radius 3 is 2.03 bits per heavy atom. The number of sulfonamides is 1. The van der Waals surface area contributed by atoms with E-state index in [1.165, 1.54) is 16.4 Å². The van der Waals surface area contributed by atoms with Crippen LogP contribution in [0.25, 0.3) is 0 Å². The highest BCUT2D eigenvalue weighted by Crippen LogP contribution is 2.26. The van der Waals surface area contributed by atoms with Gasteiger partial charge in [0.1, 0.15) is 5.82 Å². The summed E-state index contributed by atoms with van der Waals surface area (Å²) in [7, 11) is -3.74. The highest BCUT2D eigenvalue weighted by atomic mass is 32.2. The van der Waals surface area contributed by atoms with Gasteiger partial charge in [-0.25, -0.2) is 12.8 Å². The Hall–Kier alpha value is -3.56. The molecule has 0 aliphatic carbocycles. The van der Waals surface area contributed by atoms with Crippen LogP contribution in [0.4, 0.5) is 15.8 Å². The topological polar surface area (TPSA) is 95.6 Å². The van der Waals surface area contributed by atoms with E-state index in [4.69, 9.17) is 0 Å². The molecule has 0 unspecified atom stereocenters. The first kappa shape index (κ1) is 27.5. The monoisotopic (exact) mass is 537 g/mol. The Bertz CT molecular complexity index is 1410. The van der Waals surface area contributed by atoms with Crippen LogP contribution in [0.1, 0.15) is 49.5 Å². The average molecular weight is 538 g/mol. The quantitative estimate of drug-likeness (QED) is 0.439. The molecule has 0 radical (unpaired) electrons. The molecule has 2 N–H and O–H groups in total. The zero-order valence-corrected chi connectivity index (χ0v) is 22.5. The van der Waals surface area contributed by atoms with Crippen LogP contribution in [-0.2, 0) is 20.2 Å². The molecule has 0 saturated carbocycles. The fraction of sp³-hybridized carbons (Fsp3) is 0.310. The van der Waals surface area contributed by atoms with Crippen molar-refractivity contribution >= 4 is 33.2 Å². The van der Waals surface area contributed by atoms with E-state index in [0.29, 0.717) is 29.8 Å². The van der Waals surface area contributed by atoms with Gasteiger partial charge in [0.05, 0.1) is 4.90 Å². The first-order valence-corrected chi connectivity index (χ1v) is 14.0. The van der Waals surface area contributed by atoms with Gasteiger partial charge in [0.25, 0.3) is 5.91 Å². The molecular weight excluding hydrogens is 505 g/mol. The second-order valence-electron chi connectivity index (χ2n) is 10.5. The molecule has 38 heavy (non-hydrogen) atoms. The van der Waals surface area contributed by atoms with Crippen molar-refractivity contribution < 1.29 is 22.4 Å². The van der Waals surface area contributed by atoms with E-state index in [0.717, 1.165) is 17.7 Å². The highest BCUT2D eigenvalue weighted by molar-refractivity contribution is 7.89. The number of hydrogen-bond donors (Lipinski definition) is 2. The van der Waals surface area contributed by atoms with Crippen LogP contribution in [-0.4, -0.2) is 37.6 Å². The molecule has 0 atom stereocenters. The first-order chi connectivity index (χ1) is 17.9. The molecule has 1 aliphatic heterocycles. The molecule has 2 amide bonds. The number of amides is 2. The number of nitrogens with one attached hydrogen (secondary N) is 2. The molecule has 3 aromatic rings. The normalized spacial score (nSPS) is 15.2. The smallest absolute Gasteiger partial charge is 0.255 e. The third-order valence-electron chi connectivity index (χ3n) is 6.68. The summed E-state index contributed by atoms with van der Waals surface area (Å²) in [5.41, 5.74) is 2.76. The zero-order chi connectivity index (χ0) is 27.5. The van der Waals surface area contributed by atoms with Crippen molar-refractivity contribution in [2.75, 3.05) is 23.7 Å².